The van der Waals surface area contributed by atoms with E-state index in [4.69, 9.17) is 5.73 Å². The van der Waals surface area contributed by atoms with Crippen molar-refractivity contribution >= 4 is 17.1 Å². The quantitative estimate of drug-likeness (QED) is 0.512. The van der Waals surface area contributed by atoms with Crippen molar-refractivity contribution in [2.45, 2.75) is 6.54 Å². The van der Waals surface area contributed by atoms with Crippen LogP contribution in [-0.2, 0) is 6.54 Å². The van der Waals surface area contributed by atoms with Gasteiger partial charge in [-0.15, -0.1) is 0 Å². The molecule has 0 unspecified atom stereocenters. The lowest BCUT2D eigenvalue weighted by Gasteiger charge is -1.93. The van der Waals surface area contributed by atoms with Crippen molar-refractivity contribution in [2.75, 3.05) is 5.73 Å². The second kappa shape index (κ2) is 3.40. The number of aromatic amines is 2. The van der Waals surface area contributed by atoms with Gasteiger partial charge >= 0.3 is 0 Å². The molecule has 0 aromatic carbocycles. The number of anilines is 1. The van der Waals surface area contributed by atoms with Crippen LogP contribution >= 0.6 is 0 Å². The van der Waals surface area contributed by atoms with Gasteiger partial charge < -0.3 is 10.7 Å². The van der Waals surface area contributed by atoms with Crippen molar-refractivity contribution in [3.05, 3.63) is 28.8 Å². The monoisotopic (exact) mass is 232 g/mol. The average Bonchev–Trinajstić information content (AvgIpc) is 2.87. The highest BCUT2D eigenvalue weighted by Crippen LogP contribution is 2.05. The molecular formula is C8H8N8O. The molecule has 3 rings (SSSR count). The number of nitrogens with two attached hydrogens (primary N) is 1. The van der Waals surface area contributed by atoms with E-state index in [1.54, 1.807) is 11.0 Å². The van der Waals surface area contributed by atoms with E-state index >= 15 is 0 Å². The van der Waals surface area contributed by atoms with Crippen LogP contribution in [0.15, 0.2) is 17.4 Å². The first-order chi connectivity index (χ1) is 8.22. The third kappa shape index (κ3) is 1.62. The Hall–Kier alpha value is -2.71. The third-order valence-corrected chi connectivity index (χ3v) is 2.21. The summed E-state index contributed by atoms with van der Waals surface area (Å²) in [5.41, 5.74) is 5.67. The van der Waals surface area contributed by atoms with Gasteiger partial charge in [-0.25, -0.2) is 14.6 Å². The Bertz CT molecular complexity index is 709. The number of nitrogen functional groups attached to an aromatic ring is 1. The maximum atomic E-state index is 11.5. The Morgan fingerprint density at radius 3 is 3.00 bits per heavy atom. The highest BCUT2D eigenvalue weighted by Gasteiger charge is 2.08. The van der Waals surface area contributed by atoms with Crippen LogP contribution in [0.5, 0.6) is 0 Å². The summed E-state index contributed by atoms with van der Waals surface area (Å²) in [7, 11) is 0. The summed E-state index contributed by atoms with van der Waals surface area (Å²) in [6, 6.07) is 0. The SMILES string of the molecule is Nc1nc2nc(Cn3cncn3)[nH]c2c(=O)[nH]1. The summed E-state index contributed by atoms with van der Waals surface area (Å²) in [6.45, 7) is 0.385. The van der Waals surface area contributed by atoms with Crippen LogP contribution in [0.2, 0.25) is 0 Å². The van der Waals surface area contributed by atoms with Crippen LogP contribution < -0.4 is 11.3 Å². The number of nitrogens with zero attached hydrogens (tertiary/aromatic N) is 5. The second-order valence-corrected chi connectivity index (χ2v) is 3.43. The molecule has 0 saturated heterocycles. The zero-order chi connectivity index (χ0) is 11.8. The highest BCUT2D eigenvalue weighted by atomic mass is 16.1. The van der Waals surface area contributed by atoms with Gasteiger partial charge in [0.15, 0.2) is 11.2 Å². The molecule has 0 aliphatic rings. The predicted molar refractivity (Wildman–Crippen MR) is 58.0 cm³/mol. The van der Waals surface area contributed by atoms with Gasteiger partial charge in [-0.05, 0) is 0 Å². The van der Waals surface area contributed by atoms with Crippen LogP contribution in [0.3, 0.4) is 0 Å². The van der Waals surface area contributed by atoms with Crippen LogP contribution in [0.25, 0.3) is 11.2 Å². The van der Waals surface area contributed by atoms with Gasteiger partial charge in [0, 0.05) is 0 Å². The summed E-state index contributed by atoms with van der Waals surface area (Å²) < 4.78 is 1.58. The van der Waals surface area contributed by atoms with Gasteiger partial charge in [0.25, 0.3) is 5.56 Å². The lowest BCUT2D eigenvalue weighted by atomic mass is 10.5. The number of fused-ring (bicyclic) bond motifs is 1. The molecule has 0 saturated carbocycles. The van der Waals surface area contributed by atoms with E-state index in [0.29, 0.717) is 23.5 Å². The fraction of sp³-hybridized carbons (Fsp3) is 0.125. The van der Waals surface area contributed by atoms with E-state index in [2.05, 4.69) is 30.0 Å². The molecule has 0 aliphatic carbocycles. The molecule has 0 atom stereocenters. The number of rotatable bonds is 2. The molecule has 0 fully saturated rings. The minimum absolute atomic E-state index is 0.0429. The molecule has 3 heterocycles. The average molecular weight is 232 g/mol. The maximum absolute atomic E-state index is 11.5. The molecule has 0 aliphatic heterocycles. The predicted octanol–water partition coefficient (Wildman–Crippen LogP) is -1.13. The van der Waals surface area contributed by atoms with E-state index in [0.717, 1.165) is 0 Å². The van der Waals surface area contributed by atoms with E-state index in [1.807, 2.05) is 0 Å². The molecule has 0 amide bonds. The molecule has 3 aromatic rings. The largest absolute Gasteiger partial charge is 0.369 e. The van der Waals surface area contributed by atoms with Gasteiger partial charge in [0.1, 0.15) is 25.0 Å². The molecule has 86 valence electrons. The maximum Gasteiger partial charge on any atom is 0.278 e. The molecule has 0 radical (unpaired) electrons. The molecular weight excluding hydrogens is 224 g/mol. The summed E-state index contributed by atoms with van der Waals surface area (Å²) in [6.07, 6.45) is 2.98. The normalized spacial score (nSPS) is 11.1. The fourth-order valence-corrected chi connectivity index (χ4v) is 1.51. The van der Waals surface area contributed by atoms with E-state index in [-0.39, 0.29) is 11.5 Å². The standard InChI is InChI=1S/C8H8N8O/c9-8-14-6-5(7(17)15-8)12-4(13-6)1-16-3-10-2-11-16/h2-3H,1H2,(H4,9,12,13,14,15,17). The Morgan fingerprint density at radius 2 is 2.24 bits per heavy atom. The lowest BCUT2D eigenvalue weighted by Crippen LogP contribution is -2.10. The Labute approximate surface area is 93.7 Å². The van der Waals surface area contributed by atoms with Gasteiger partial charge in [-0.1, -0.05) is 0 Å². The zero-order valence-electron chi connectivity index (χ0n) is 8.58. The van der Waals surface area contributed by atoms with Crippen molar-refractivity contribution in [2.24, 2.45) is 0 Å². The Morgan fingerprint density at radius 1 is 1.35 bits per heavy atom. The minimum Gasteiger partial charge on any atom is -0.369 e. The molecule has 4 N–H and O–H groups in total. The minimum atomic E-state index is -0.343. The zero-order valence-corrected chi connectivity index (χ0v) is 8.58. The van der Waals surface area contributed by atoms with Crippen LogP contribution in [-0.4, -0.2) is 34.7 Å². The van der Waals surface area contributed by atoms with Crippen molar-refractivity contribution in [1.82, 2.24) is 34.7 Å². The van der Waals surface area contributed by atoms with E-state index in [1.165, 1.54) is 6.33 Å². The van der Waals surface area contributed by atoms with Crippen molar-refractivity contribution in [3.63, 3.8) is 0 Å². The smallest absolute Gasteiger partial charge is 0.278 e. The summed E-state index contributed by atoms with van der Waals surface area (Å²) in [4.78, 5) is 28.7. The molecule has 0 bridgehead atoms. The first kappa shape index (κ1) is 9.51. The van der Waals surface area contributed by atoms with Gasteiger partial charge in [-0.3, -0.25) is 9.78 Å². The Balaban J connectivity index is 2.08. The first-order valence-corrected chi connectivity index (χ1v) is 4.79. The lowest BCUT2D eigenvalue weighted by molar-refractivity contribution is 0.661. The number of hydrogen-bond acceptors (Lipinski definition) is 6. The molecule has 9 nitrogen and oxygen atoms in total. The van der Waals surface area contributed by atoms with Crippen LogP contribution in [0, 0.1) is 0 Å². The highest BCUT2D eigenvalue weighted by molar-refractivity contribution is 5.70. The number of hydrogen-bond donors (Lipinski definition) is 3. The summed E-state index contributed by atoms with van der Waals surface area (Å²) >= 11 is 0. The molecule has 9 heteroatoms. The Kier molecular flexibility index (Phi) is 1.90. The van der Waals surface area contributed by atoms with Crippen LogP contribution in [0.4, 0.5) is 5.95 Å². The number of nitrogens with one attached hydrogen (secondary N) is 2. The van der Waals surface area contributed by atoms with Gasteiger partial charge in [-0.2, -0.15) is 10.1 Å². The van der Waals surface area contributed by atoms with E-state index in [9.17, 15) is 4.79 Å². The van der Waals surface area contributed by atoms with Crippen LogP contribution in [0.1, 0.15) is 5.82 Å². The number of imidazole rings is 1. The third-order valence-electron chi connectivity index (χ3n) is 2.21. The summed E-state index contributed by atoms with van der Waals surface area (Å²) in [5.74, 6) is 0.607. The molecule has 3 aromatic heterocycles. The number of H-pyrrole nitrogens is 2. The van der Waals surface area contributed by atoms with E-state index < -0.39 is 0 Å². The van der Waals surface area contributed by atoms with Gasteiger partial charge in [0.2, 0.25) is 5.95 Å². The van der Waals surface area contributed by atoms with Crippen molar-refractivity contribution in [1.29, 1.82) is 0 Å². The first-order valence-electron chi connectivity index (χ1n) is 4.79. The van der Waals surface area contributed by atoms with Crippen molar-refractivity contribution < 1.29 is 0 Å². The second-order valence-electron chi connectivity index (χ2n) is 3.43. The van der Waals surface area contributed by atoms with Gasteiger partial charge in [0.05, 0.1) is 0 Å². The molecule has 17 heavy (non-hydrogen) atoms. The molecule has 0 spiro atoms. The number of aromatic nitrogens is 7. The summed E-state index contributed by atoms with van der Waals surface area (Å²) in [5, 5.41) is 3.94. The topological polar surface area (TPSA) is 131 Å². The van der Waals surface area contributed by atoms with Crippen molar-refractivity contribution in [3.8, 4) is 0 Å². The fourth-order valence-electron chi connectivity index (χ4n) is 1.51.